The van der Waals surface area contributed by atoms with E-state index in [2.05, 4.69) is 10.2 Å². The highest BCUT2D eigenvalue weighted by molar-refractivity contribution is 7.89. The lowest BCUT2D eigenvalue weighted by molar-refractivity contribution is 0.391. The Labute approximate surface area is 111 Å². The molecule has 0 saturated heterocycles. The number of benzene rings is 1. The molecule has 19 heavy (non-hydrogen) atoms. The maximum atomic E-state index is 12.5. The topological polar surface area (TPSA) is 92.1 Å². The second kappa shape index (κ2) is 4.36. The average Bonchev–Trinajstić information content (AvgIpc) is 2.85. The normalized spacial score (nSPS) is 16.2. The van der Waals surface area contributed by atoms with Crippen LogP contribution in [0.1, 0.15) is 11.1 Å². The minimum absolute atomic E-state index is 0.0480. The Morgan fingerprint density at radius 2 is 2.00 bits per heavy atom. The number of sulfonamides is 1. The van der Waals surface area contributed by atoms with Gasteiger partial charge in [0.1, 0.15) is 10.7 Å². The SMILES string of the molecule is Nc1[nH]ncc1S(=O)(=O)N1CCc2ccccc2C1. The van der Waals surface area contributed by atoms with Gasteiger partial charge >= 0.3 is 0 Å². The van der Waals surface area contributed by atoms with Gasteiger partial charge in [0, 0.05) is 13.1 Å². The van der Waals surface area contributed by atoms with Gasteiger partial charge < -0.3 is 5.73 Å². The fourth-order valence-corrected chi connectivity index (χ4v) is 3.73. The predicted molar refractivity (Wildman–Crippen MR) is 70.7 cm³/mol. The van der Waals surface area contributed by atoms with Gasteiger partial charge in [-0.05, 0) is 17.5 Å². The number of nitrogen functional groups attached to an aromatic ring is 1. The average molecular weight is 278 g/mol. The second-order valence-electron chi connectivity index (χ2n) is 4.51. The fraction of sp³-hybridized carbons (Fsp3) is 0.250. The first-order valence-electron chi connectivity index (χ1n) is 5.95. The van der Waals surface area contributed by atoms with Crippen LogP contribution in [0.5, 0.6) is 0 Å². The van der Waals surface area contributed by atoms with Gasteiger partial charge in [-0.1, -0.05) is 24.3 Å². The van der Waals surface area contributed by atoms with Gasteiger partial charge in [-0.15, -0.1) is 0 Å². The third kappa shape index (κ3) is 2.00. The molecule has 0 radical (unpaired) electrons. The maximum Gasteiger partial charge on any atom is 0.248 e. The minimum Gasteiger partial charge on any atom is -0.383 e. The molecule has 1 aromatic heterocycles. The molecule has 0 spiro atoms. The first-order chi connectivity index (χ1) is 9.09. The molecular weight excluding hydrogens is 264 g/mol. The molecule has 0 bridgehead atoms. The van der Waals surface area contributed by atoms with Crippen LogP contribution in [0.4, 0.5) is 5.82 Å². The summed E-state index contributed by atoms with van der Waals surface area (Å²) in [5.74, 6) is 0.0823. The van der Waals surface area contributed by atoms with Crippen LogP contribution in [0.2, 0.25) is 0 Å². The molecule has 3 rings (SSSR count). The number of hydrogen-bond donors (Lipinski definition) is 2. The van der Waals surface area contributed by atoms with E-state index in [1.54, 1.807) is 0 Å². The first kappa shape index (κ1) is 12.2. The van der Waals surface area contributed by atoms with E-state index in [-0.39, 0.29) is 10.7 Å². The third-order valence-electron chi connectivity index (χ3n) is 3.35. The van der Waals surface area contributed by atoms with E-state index in [4.69, 9.17) is 5.73 Å². The van der Waals surface area contributed by atoms with Crippen LogP contribution >= 0.6 is 0 Å². The van der Waals surface area contributed by atoms with E-state index in [0.29, 0.717) is 19.5 Å². The monoisotopic (exact) mass is 278 g/mol. The Bertz CT molecular complexity index is 708. The number of anilines is 1. The van der Waals surface area contributed by atoms with Crippen molar-refractivity contribution in [2.75, 3.05) is 12.3 Å². The highest BCUT2D eigenvalue weighted by Crippen LogP contribution is 2.26. The van der Waals surface area contributed by atoms with Crippen molar-refractivity contribution in [1.82, 2.24) is 14.5 Å². The first-order valence-corrected chi connectivity index (χ1v) is 7.39. The van der Waals surface area contributed by atoms with E-state index >= 15 is 0 Å². The van der Waals surface area contributed by atoms with E-state index in [0.717, 1.165) is 5.56 Å². The molecule has 0 atom stereocenters. The van der Waals surface area contributed by atoms with Crippen LogP contribution in [-0.4, -0.2) is 29.5 Å². The summed E-state index contributed by atoms with van der Waals surface area (Å²) in [4.78, 5) is 0.0480. The summed E-state index contributed by atoms with van der Waals surface area (Å²) in [5.41, 5.74) is 7.85. The predicted octanol–water partition coefficient (Wildman–Crippen LogP) is 0.739. The Balaban J connectivity index is 1.95. The Morgan fingerprint density at radius 3 is 2.68 bits per heavy atom. The summed E-state index contributed by atoms with van der Waals surface area (Å²) in [6.07, 6.45) is 1.97. The van der Waals surface area contributed by atoms with Crippen LogP contribution in [0.3, 0.4) is 0 Å². The van der Waals surface area contributed by atoms with Crippen molar-refractivity contribution >= 4 is 15.8 Å². The molecule has 0 amide bonds. The quantitative estimate of drug-likeness (QED) is 0.847. The lowest BCUT2D eigenvalue weighted by Gasteiger charge is -2.27. The minimum atomic E-state index is -3.58. The second-order valence-corrected chi connectivity index (χ2v) is 6.41. The number of fused-ring (bicyclic) bond motifs is 1. The number of hydrogen-bond acceptors (Lipinski definition) is 4. The number of nitrogens with two attached hydrogens (primary N) is 1. The summed E-state index contributed by atoms with van der Waals surface area (Å²) >= 11 is 0. The molecule has 1 aromatic carbocycles. The van der Waals surface area contributed by atoms with Crippen LogP contribution < -0.4 is 5.73 Å². The zero-order valence-corrected chi connectivity index (χ0v) is 11.0. The van der Waals surface area contributed by atoms with Crippen molar-refractivity contribution in [3.63, 3.8) is 0 Å². The van der Waals surface area contributed by atoms with Crippen LogP contribution in [0.25, 0.3) is 0 Å². The molecule has 6 nitrogen and oxygen atoms in total. The number of aromatic amines is 1. The molecule has 1 aliphatic heterocycles. The molecule has 7 heteroatoms. The van der Waals surface area contributed by atoms with Gasteiger partial charge in [0.25, 0.3) is 0 Å². The maximum absolute atomic E-state index is 12.5. The summed E-state index contributed by atoms with van der Waals surface area (Å²) in [6, 6.07) is 7.87. The summed E-state index contributed by atoms with van der Waals surface area (Å²) in [7, 11) is -3.58. The Hall–Kier alpha value is -1.86. The molecule has 2 aromatic rings. The lowest BCUT2D eigenvalue weighted by atomic mass is 10.0. The van der Waals surface area contributed by atoms with Gasteiger partial charge in [0.15, 0.2) is 0 Å². The number of aromatic nitrogens is 2. The summed E-state index contributed by atoms with van der Waals surface area (Å²) in [6.45, 7) is 0.840. The number of nitrogens with zero attached hydrogens (tertiary/aromatic N) is 2. The van der Waals surface area contributed by atoms with Crippen molar-refractivity contribution in [3.8, 4) is 0 Å². The van der Waals surface area contributed by atoms with Gasteiger partial charge in [-0.3, -0.25) is 5.10 Å². The fourth-order valence-electron chi connectivity index (χ4n) is 2.30. The zero-order valence-electron chi connectivity index (χ0n) is 10.2. The third-order valence-corrected chi connectivity index (χ3v) is 5.22. The molecule has 2 heterocycles. The van der Waals surface area contributed by atoms with Crippen LogP contribution in [-0.2, 0) is 23.0 Å². The smallest absolute Gasteiger partial charge is 0.248 e. The van der Waals surface area contributed by atoms with Crippen molar-refractivity contribution in [1.29, 1.82) is 0 Å². The molecule has 100 valence electrons. The molecule has 0 saturated carbocycles. The van der Waals surface area contributed by atoms with Gasteiger partial charge in [-0.2, -0.15) is 9.40 Å². The summed E-state index contributed by atoms with van der Waals surface area (Å²) in [5, 5.41) is 6.13. The van der Waals surface area contributed by atoms with Crippen LogP contribution in [0.15, 0.2) is 35.4 Å². The molecule has 0 aliphatic carbocycles. The number of rotatable bonds is 2. The highest BCUT2D eigenvalue weighted by Gasteiger charge is 2.30. The molecule has 0 unspecified atom stereocenters. The van der Waals surface area contributed by atoms with Crippen molar-refractivity contribution in [2.45, 2.75) is 17.9 Å². The molecule has 0 fully saturated rings. The van der Waals surface area contributed by atoms with Crippen molar-refractivity contribution in [3.05, 3.63) is 41.6 Å². The zero-order chi connectivity index (χ0) is 13.5. The number of H-pyrrole nitrogens is 1. The molecule has 1 aliphatic rings. The van der Waals surface area contributed by atoms with E-state index in [1.807, 2.05) is 24.3 Å². The van der Waals surface area contributed by atoms with Crippen molar-refractivity contribution < 1.29 is 8.42 Å². The van der Waals surface area contributed by atoms with E-state index < -0.39 is 10.0 Å². The van der Waals surface area contributed by atoms with Crippen molar-refractivity contribution in [2.24, 2.45) is 0 Å². The largest absolute Gasteiger partial charge is 0.383 e. The standard InChI is InChI=1S/C12H14N4O2S/c13-12-11(7-14-15-12)19(17,18)16-6-5-9-3-1-2-4-10(9)8-16/h1-4,7H,5-6,8H2,(H3,13,14,15). The van der Waals surface area contributed by atoms with Crippen LogP contribution in [0, 0.1) is 0 Å². The highest BCUT2D eigenvalue weighted by atomic mass is 32.2. The summed E-state index contributed by atoms with van der Waals surface area (Å²) < 4.78 is 26.4. The van der Waals surface area contributed by atoms with E-state index in [1.165, 1.54) is 16.1 Å². The molecular formula is C12H14N4O2S. The van der Waals surface area contributed by atoms with Gasteiger partial charge in [-0.25, -0.2) is 8.42 Å². The Kier molecular flexibility index (Phi) is 2.79. The van der Waals surface area contributed by atoms with E-state index in [9.17, 15) is 8.42 Å². The lowest BCUT2D eigenvalue weighted by Crippen LogP contribution is -2.36. The van der Waals surface area contributed by atoms with Gasteiger partial charge in [0.05, 0.1) is 6.20 Å². The Morgan fingerprint density at radius 1 is 1.26 bits per heavy atom. The van der Waals surface area contributed by atoms with Gasteiger partial charge in [0.2, 0.25) is 10.0 Å². The molecule has 3 N–H and O–H groups in total. The number of nitrogens with one attached hydrogen (secondary N) is 1.